The van der Waals surface area contributed by atoms with E-state index in [0.29, 0.717) is 12.2 Å². The SMILES string of the molecule is CC(C)(C)c1cc(N)n(C2(C)CCS(=O)(=O)C2)n1. The summed E-state index contributed by atoms with van der Waals surface area (Å²) in [6.45, 7) is 8.10. The van der Waals surface area contributed by atoms with Crippen LogP contribution in [0.2, 0.25) is 0 Å². The second-order valence-electron chi connectivity index (χ2n) is 6.46. The molecule has 2 heterocycles. The standard InChI is InChI=1S/C12H21N3O2S/c1-11(2,3)9-7-10(13)15(14-9)12(4)5-6-18(16,17)8-12/h7H,5-6,8,13H2,1-4H3. The summed E-state index contributed by atoms with van der Waals surface area (Å²) >= 11 is 0. The van der Waals surface area contributed by atoms with Gasteiger partial charge >= 0.3 is 0 Å². The van der Waals surface area contributed by atoms with Crippen LogP contribution < -0.4 is 5.73 Å². The van der Waals surface area contributed by atoms with Gasteiger partial charge in [0.2, 0.25) is 0 Å². The minimum Gasteiger partial charge on any atom is -0.384 e. The van der Waals surface area contributed by atoms with Gasteiger partial charge in [-0.15, -0.1) is 0 Å². The second-order valence-corrected chi connectivity index (χ2v) is 8.64. The number of nitrogen functional groups attached to an aromatic ring is 1. The van der Waals surface area contributed by atoms with Crippen molar-refractivity contribution in [1.29, 1.82) is 0 Å². The molecule has 1 fully saturated rings. The molecule has 2 N–H and O–H groups in total. The molecule has 0 radical (unpaired) electrons. The zero-order chi connectivity index (χ0) is 13.8. The molecule has 0 saturated carbocycles. The zero-order valence-corrected chi connectivity index (χ0v) is 12.2. The number of hydrogen-bond donors (Lipinski definition) is 1. The van der Waals surface area contributed by atoms with Crippen molar-refractivity contribution in [3.8, 4) is 0 Å². The Morgan fingerprint density at radius 1 is 1.44 bits per heavy atom. The van der Waals surface area contributed by atoms with Crippen LogP contribution in [0.3, 0.4) is 0 Å². The van der Waals surface area contributed by atoms with Crippen molar-refractivity contribution in [2.45, 2.75) is 45.1 Å². The van der Waals surface area contributed by atoms with Crippen molar-refractivity contribution >= 4 is 15.7 Å². The van der Waals surface area contributed by atoms with Crippen LogP contribution in [-0.4, -0.2) is 29.7 Å². The maximum absolute atomic E-state index is 11.7. The molecule has 6 heteroatoms. The Labute approximate surface area is 108 Å². The Morgan fingerprint density at radius 3 is 2.44 bits per heavy atom. The fourth-order valence-corrected chi connectivity index (χ4v) is 4.46. The predicted octanol–water partition coefficient (Wildman–Crippen LogP) is 1.30. The normalized spacial score (nSPS) is 27.6. The van der Waals surface area contributed by atoms with Crippen molar-refractivity contribution in [1.82, 2.24) is 9.78 Å². The Kier molecular flexibility index (Phi) is 2.77. The van der Waals surface area contributed by atoms with Crippen molar-refractivity contribution in [3.05, 3.63) is 11.8 Å². The van der Waals surface area contributed by atoms with E-state index in [1.807, 2.05) is 13.0 Å². The maximum atomic E-state index is 11.7. The van der Waals surface area contributed by atoms with Crippen LogP contribution in [-0.2, 0) is 20.8 Å². The number of hydrogen-bond acceptors (Lipinski definition) is 4. The summed E-state index contributed by atoms with van der Waals surface area (Å²) in [5, 5.41) is 4.53. The molecule has 1 aromatic rings. The molecule has 1 aromatic heterocycles. The van der Waals surface area contributed by atoms with Crippen molar-refractivity contribution in [2.24, 2.45) is 0 Å². The highest BCUT2D eigenvalue weighted by Crippen LogP contribution is 2.34. The molecule has 0 bridgehead atoms. The maximum Gasteiger partial charge on any atom is 0.152 e. The Morgan fingerprint density at radius 2 is 2.06 bits per heavy atom. The molecule has 1 saturated heterocycles. The highest BCUT2D eigenvalue weighted by atomic mass is 32.2. The van der Waals surface area contributed by atoms with Gasteiger partial charge in [0.25, 0.3) is 0 Å². The van der Waals surface area contributed by atoms with E-state index in [-0.39, 0.29) is 16.9 Å². The summed E-state index contributed by atoms with van der Waals surface area (Å²) < 4.78 is 25.0. The summed E-state index contributed by atoms with van der Waals surface area (Å²) in [5.74, 6) is 0.878. The van der Waals surface area contributed by atoms with E-state index in [1.165, 1.54) is 0 Å². The summed E-state index contributed by atoms with van der Waals surface area (Å²) in [4.78, 5) is 0. The molecule has 0 aromatic carbocycles. The summed E-state index contributed by atoms with van der Waals surface area (Å²) in [5.41, 5.74) is 6.29. The molecule has 2 rings (SSSR count). The van der Waals surface area contributed by atoms with Gasteiger partial charge in [-0.2, -0.15) is 5.10 Å². The van der Waals surface area contributed by atoms with E-state index in [9.17, 15) is 8.42 Å². The molecule has 18 heavy (non-hydrogen) atoms. The average Bonchev–Trinajstić information content (AvgIpc) is 2.68. The molecular weight excluding hydrogens is 250 g/mol. The zero-order valence-electron chi connectivity index (χ0n) is 11.4. The van der Waals surface area contributed by atoms with Gasteiger partial charge in [0.15, 0.2) is 9.84 Å². The molecule has 5 nitrogen and oxygen atoms in total. The van der Waals surface area contributed by atoms with Gasteiger partial charge in [0, 0.05) is 11.5 Å². The second kappa shape index (κ2) is 3.73. The minimum atomic E-state index is -2.96. The lowest BCUT2D eigenvalue weighted by molar-refractivity contribution is 0.328. The predicted molar refractivity (Wildman–Crippen MR) is 72.3 cm³/mol. The van der Waals surface area contributed by atoms with Gasteiger partial charge < -0.3 is 5.73 Å². The van der Waals surface area contributed by atoms with Crippen LogP contribution >= 0.6 is 0 Å². The lowest BCUT2D eigenvalue weighted by Gasteiger charge is -2.24. The first-order chi connectivity index (χ1) is 8.04. The van der Waals surface area contributed by atoms with Gasteiger partial charge in [-0.25, -0.2) is 13.1 Å². The number of rotatable bonds is 1. The fourth-order valence-electron chi connectivity index (χ4n) is 2.35. The van der Waals surface area contributed by atoms with Crippen LogP contribution in [0.1, 0.15) is 39.8 Å². The van der Waals surface area contributed by atoms with E-state index >= 15 is 0 Å². The van der Waals surface area contributed by atoms with Gasteiger partial charge in [-0.3, -0.25) is 0 Å². The highest BCUT2D eigenvalue weighted by Gasteiger charge is 2.42. The molecule has 0 spiro atoms. The number of aromatic nitrogens is 2. The molecule has 1 aliphatic heterocycles. The summed E-state index contributed by atoms with van der Waals surface area (Å²) in [6.07, 6.45) is 0.574. The summed E-state index contributed by atoms with van der Waals surface area (Å²) in [6, 6.07) is 1.84. The first-order valence-corrected chi connectivity index (χ1v) is 7.93. The van der Waals surface area contributed by atoms with Crippen molar-refractivity contribution in [3.63, 3.8) is 0 Å². The van der Waals surface area contributed by atoms with E-state index in [1.54, 1.807) is 4.68 Å². The third-order valence-corrected chi connectivity index (χ3v) is 5.39. The number of anilines is 1. The van der Waals surface area contributed by atoms with Crippen LogP contribution in [0.4, 0.5) is 5.82 Å². The third-order valence-electron chi connectivity index (χ3n) is 3.50. The lowest BCUT2D eigenvalue weighted by Crippen LogP contribution is -2.33. The van der Waals surface area contributed by atoms with Gasteiger partial charge in [-0.1, -0.05) is 20.8 Å². The van der Waals surface area contributed by atoms with Crippen LogP contribution in [0.25, 0.3) is 0 Å². The number of nitrogens with two attached hydrogens (primary N) is 1. The summed E-state index contributed by atoms with van der Waals surface area (Å²) in [7, 11) is -2.96. The lowest BCUT2D eigenvalue weighted by atomic mass is 9.92. The Balaban J connectivity index is 2.44. The fraction of sp³-hybridized carbons (Fsp3) is 0.750. The number of nitrogens with zero attached hydrogens (tertiary/aromatic N) is 2. The van der Waals surface area contributed by atoms with E-state index < -0.39 is 15.4 Å². The highest BCUT2D eigenvalue weighted by molar-refractivity contribution is 7.91. The number of sulfone groups is 1. The monoisotopic (exact) mass is 271 g/mol. The first kappa shape index (κ1) is 13.4. The molecular formula is C12H21N3O2S. The molecule has 102 valence electrons. The van der Waals surface area contributed by atoms with Gasteiger partial charge in [0.1, 0.15) is 5.82 Å². The molecule has 1 aliphatic rings. The average molecular weight is 271 g/mol. The minimum absolute atomic E-state index is 0.0901. The third kappa shape index (κ3) is 2.25. The molecule has 1 unspecified atom stereocenters. The van der Waals surface area contributed by atoms with Crippen LogP contribution in [0.5, 0.6) is 0 Å². The Hall–Kier alpha value is -1.04. The molecule has 0 amide bonds. The Bertz CT molecular complexity index is 569. The van der Waals surface area contributed by atoms with Crippen molar-refractivity contribution < 1.29 is 8.42 Å². The molecule has 0 aliphatic carbocycles. The quantitative estimate of drug-likeness (QED) is 0.835. The van der Waals surface area contributed by atoms with E-state index in [4.69, 9.17) is 5.73 Å². The van der Waals surface area contributed by atoms with E-state index in [0.717, 1.165) is 5.69 Å². The van der Waals surface area contributed by atoms with Crippen LogP contribution in [0, 0.1) is 0 Å². The van der Waals surface area contributed by atoms with Gasteiger partial charge in [-0.05, 0) is 13.3 Å². The molecule has 1 atom stereocenters. The van der Waals surface area contributed by atoms with Crippen molar-refractivity contribution in [2.75, 3.05) is 17.2 Å². The van der Waals surface area contributed by atoms with Crippen LogP contribution in [0.15, 0.2) is 6.07 Å². The topological polar surface area (TPSA) is 78.0 Å². The first-order valence-electron chi connectivity index (χ1n) is 6.10. The van der Waals surface area contributed by atoms with E-state index in [2.05, 4.69) is 25.9 Å². The van der Waals surface area contributed by atoms with Gasteiger partial charge in [0.05, 0.1) is 22.7 Å². The smallest absolute Gasteiger partial charge is 0.152 e. The largest absolute Gasteiger partial charge is 0.384 e.